The lowest BCUT2D eigenvalue weighted by Gasteiger charge is -2.24. The van der Waals surface area contributed by atoms with Crippen molar-refractivity contribution in [2.75, 3.05) is 9.80 Å². The first kappa shape index (κ1) is 21.1. The highest BCUT2D eigenvalue weighted by molar-refractivity contribution is 6.34. The number of amides is 4. The molecule has 2 heterocycles. The van der Waals surface area contributed by atoms with Gasteiger partial charge in [-0.1, -0.05) is 41.5 Å². The van der Waals surface area contributed by atoms with Gasteiger partial charge >= 0.3 is 0 Å². The van der Waals surface area contributed by atoms with E-state index in [1.54, 1.807) is 31.2 Å². The van der Waals surface area contributed by atoms with Gasteiger partial charge in [-0.25, -0.2) is 4.90 Å². The minimum absolute atomic E-state index is 0.0909. The second kappa shape index (κ2) is 7.66. The maximum absolute atomic E-state index is 13.3. The van der Waals surface area contributed by atoms with E-state index in [9.17, 15) is 19.2 Å². The standard InChI is InChI=1S/C27H24N2O4/c1-15-4-8-19(9-5-15)28-23(30)14-21(25(28)31)18-12-17(3)24-22(13-18)26(32)29(27(24)33)20-10-6-16(2)7-11-20/h4-12,18,21H,13-14H2,1-3H3/t18-,21-/m1/s1. The summed E-state index contributed by atoms with van der Waals surface area (Å²) >= 11 is 0. The van der Waals surface area contributed by atoms with Crippen LogP contribution in [0.5, 0.6) is 0 Å². The molecule has 6 heteroatoms. The molecule has 0 radical (unpaired) electrons. The molecular formula is C27H24N2O4. The van der Waals surface area contributed by atoms with Gasteiger partial charge in [0, 0.05) is 12.0 Å². The minimum atomic E-state index is -0.556. The highest BCUT2D eigenvalue weighted by Gasteiger charge is 2.48. The molecule has 4 amide bonds. The third-order valence-corrected chi connectivity index (χ3v) is 6.76. The summed E-state index contributed by atoms with van der Waals surface area (Å²) in [5.41, 5.74) is 4.71. The molecule has 6 nitrogen and oxygen atoms in total. The second-order valence-electron chi connectivity index (χ2n) is 9.07. The summed E-state index contributed by atoms with van der Waals surface area (Å²) in [6.45, 7) is 5.68. The zero-order chi connectivity index (χ0) is 23.4. The van der Waals surface area contributed by atoms with Crippen molar-refractivity contribution in [1.29, 1.82) is 0 Å². The Hall–Kier alpha value is -3.80. The molecule has 0 bridgehead atoms. The van der Waals surface area contributed by atoms with Gasteiger partial charge in [0.15, 0.2) is 0 Å². The molecule has 0 aromatic heterocycles. The van der Waals surface area contributed by atoms with Crippen LogP contribution in [0.2, 0.25) is 0 Å². The molecule has 166 valence electrons. The van der Waals surface area contributed by atoms with Gasteiger partial charge in [0.2, 0.25) is 11.8 Å². The number of hydrogen-bond donors (Lipinski definition) is 0. The smallest absolute Gasteiger partial charge is 0.266 e. The monoisotopic (exact) mass is 440 g/mol. The van der Waals surface area contributed by atoms with Gasteiger partial charge in [0.05, 0.1) is 22.9 Å². The van der Waals surface area contributed by atoms with Crippen molar-refractivity contribution in [1.82, 2.24) is 0 Å². The first-order chi connectivity index (χ1) is 15.8. The number of benzene rings is 2. The second-order valence-corrected chi connectivity index (χ2v) is 9.07. The Morgan fingerprint density at radius 1 is 0.697 bits per heavy atom. The van der Waals surface area contributed by atoms with Crippen molar-refractivity contribution in [3.8, 4) is 0 Å². The summed E-state index contributed by atoms with van der Waals surface area (Å²) in [7, 11) is 0. The lowest BCUT2D eigenvalue weighted by atomic mass is 9.78. The van der Waals surface area contributed by atoms with Gasteiger partial charge < -0.3 is 0 Å². The van der Waals surface area contributed by atoms with Crippen LogP contribution in [0.4, 0.5) is 11.4 Å². The average molecular weight is 440 g/mol. The fourth-order valence-corrected chi connectivity index (χ4v) is 5.01. The molecular weight excluding hydrogens is 416 g/mol. The van der Waals surface area contributed by atoms with E-state index < -0.39 is 5.92 Å². The van der Waals surface area contributed by atoms with Crippen LogP contribution >= 0.6 is 0 Å². The molecule has 33 heavy (non-hydrogen) atoms. The van der Waals surface area contributed by atoms with Crippen molar-refractivity contribution < 1.29 is 19.2 Å². The molecule has 1 saturated heterocycles. The largest absolute Gasteiger partial charge is 0.274 e. The summed E-state index contributed by atoms with van der Waals surface area (Å²) in [5, 5.41) is 0. The first-order valence-electron chi connectivity index (χ1n) is 11.1. The summed E-state index contributed by atoms with van der Waals surface area (Å²) in [6, 6.07) is 14.5. The third-order valence-electron chi connectivity index (χ3n) is 6.76. The number of anilines is 2. The summed E-state index contributed by atoms with van der Waals surface area (Å²) < 4.78 is 0. The van der Waals surface area contributed by atoms with Crippen LogP contribution in [0, 0.1) is 25.7 Å². The molecule has 2 aliphatic heterocycles. The highest BCUT2D eigenvalue weighted by atomic mass is 16.2. The molecule has 1 aliphatic carbocycles. The normalized spacial score (nSPS) is 22.9. The Morgan fingerprint density at radius 3 is 1.82 bits per heavy atom. The maximum atomic E-state index is 13.3. The molecule has 0 spiro atoms. The Balaban J connectivity index is 1.42. The van der Waals surface area contributed by atoms with Gasteiger partial charge in [-0.3, -0.25) is 24.1 Å². The number of carbonyl (C=O) groups is 4. The number of imide groups is 2. The first-order valence-corrected chi connectivity index (χ1v) is 11.1. The van der Waals surface area contributed by atoms with Gasteiger partial charge in [-0.05, 0) is 62.9 Å². The Morgan fingerprint density at radius 2 is 1.24 bits per heavy atom. The third kappa shape index (κ3) is 3.33. The van der Waals surface area contributed by atoms with E-state index in [1.807, 2.05) is 44.2 Å². The van der Waals surface area contributed by atoms with Crippen molar-refractivity contribution in [3.05, 3.63) is 82.5 Å². The van der Waals surface area contributed by atoms with E-state index in [2.05, 4.69) is 0 Å². The van der Waals surface area contributed by atoms with Crippen molar-refractivity contribution in [2.24, 2.45) is 11.8 Å². The molecule has 3 aliphatic rings. The average Bonchev–Trinajstić information content (AvgIpc) is 3.22. The Bertz CT molecular complexity index is 1270. The highest BCUT2D eigenvalue weighted by Crippen LogP contribution is 2.43. The maximum Gasteiger partial charge on any atom is 0.266 e. The van der Waals surface area contributed by atoms with Crippen LogP contribution in [0.3, 0.4) is 0 Å². The number of aryl methyl sites for hydroxylation is 2. The lowest BCUT2D eigenvalue weighted by Crippen LogP contribution is -2.33. The quantitative estimate of drug-likeness (QED) is 0.676. The van der Waals surface area contributed by atoms with E-state index in [-0.39, 0.29) is 42.4 Å². The molecule has 1 fully saturated rings. The van der Waals surface area contributed by atoms with E-state index in [0.29, 0.717) is 28.1 Å². The number of rotatable bonds is 3. The topological polar surface area (TPSA) is 74.8 Å². The van der Waals surface area contributed by atoms with E-state index in [1.165, 1.54) is 9.80 Å². The minimum Gasteiger partial charge on any atom is -0.274 e. The summed E-state index contributed by atoms with van der Waals surface area (Å²) in [6.07, 6.45) is 2.25. The van der Waals surface area contributed by atoms with Crippen LogP contribution in [-0.2, 0) is 19.2 Å². The van der Waals surface area contributed by atoms with Crippen molar-refractivity contribution in [3.63, 3.8) is 0 Å². The van der Waals surface area contributed by atoms with Crippen molar-refractivity contribution in [2.45, 2.75) is 33.6 Å². The number of hydrogen-bond acceptors (Lipinski definition) is 4. The van der Waals surface area contributed by atoms with Gasteiger partial charge in [-0.15, -0.1) is 0 Å². The van der Waals surface area contributed by atoms with Crippen LogP contribution in [-0.4, -0.2) is 23.6 Å². The number of allylic oxidation sites excluding steroid dienone is 1. The Kier molecular flexibility index (Phi) is 4.89. The SMILES string of the molecule is CC1=C[C@@H]([C@H]2CC(=O)N(c3ccc(C)cc3)C2=O)CC2=C1C(=O)N(c1ccc(C)cc1)C2=O. The molecule has 2 aromatic rings. The van der Waals surface area contributed by atoms with Crippen molar-refractivity contribution >= 4 is 35.0 Å². The van der Waals surface area contributed by atoms with E-state index >= 15 is 0 Å². The van der Waals surface area contributed by atoms with Crippen LogP contribution in [0.25, 0.3) is 0 Å². The number of nitrogens with zero attached hydrogens (tertiary/aromatic N) is 2. The predicted octanol–water partition coefficient (Wildman–Crippen LogP) is 4.02. The molecule has 0 saturated carbocycles. The van der Waals surface area contributed by atoms with Crippen LogP contribution < -0.4 is 9.80 Å². The molecule has 2 atom stereocenters. The molecule has 0 unspecified atom stereocenters. The van der Waals surface area contributed by atoms with Crippen LogP contribution in [0.15, 0.2) is 71.3 Å². The Labute approximate surface area is 192 Å². The van der Waals surface area contributed by atoms with Gasteiger partial charge in [0.1, 0.15) is 0 Å². The summed E-state index contributed by atoms with van der Waals surface area (Å²) in [5.74, 6) is -2.04. The molecule has 2 aromatic carbocycles. The fraction of sp³-hybridized carbons (Fsp3) is 0.259. The fourth-order valence-electron chi connectivity index (χ4n) is 5.01. The molecule has 0 N–H and O–H groups in total. The van der Waals surface area contributed by atoms with E-state index in [4.69, 9.17) is 0 Å². The summed E-state index contributed by atoms with van der Waals surface area (Å²) in [4.78, 5) is 54.9. The van der Waals surface area contributed by atoms with Gasteiger partial charge in [0.25, 0.3) is 11.8 Å². The lowest BCUT2D eigenvalue weighted by molar-refractivity contribution is -0.123. The predicted molar refractivity (Wildman–Crippen MR) is 124 cm³/mol. The van der Waals surface area contributed by atoms with Crippen LogP contribution in [0.1, 0.15) is 30.9 Å². The zero-order valence-electron chi connectivity index (χ0n) is 18.8. The van der Waals surface area contributed by atoms with E-state index in [0.717, 1.165) is 11.1 Å². The zero-order valence-corrected chi connectivity index (χ0v) is 18.8. The van der Waals surface area contributed by atoms with Gasteiger partial charge in [-0.2, -0.15) is 0 Å². The molecule has 5 rings (SSSR count). The number of carbonyl (C=O) groups excluding carboxylic acids is 4.